The van der Waals surface area contributed by atoms with Crippen LogP contribution in [0.5, 0.6) is 5.75 Å². The van der Waals surface area contributed by atoms with E-state index in [-0.39, 0.29) is 17.6 Å². The zero-order valence-electron chi connectivity index (χ0n) is 23.6. The third-order valence-corrected chi connectivity index (χ3v) is 5.62. The standard InChI is InChI=1S/C26H35ClN6O5/c1-11-16-18-20(27)29-22(33(23(34)37-25(4,5)6)24(35)38-26(7,8)9)30-21(18)32(31-16)13-17-15(3)19(36-10)14(2)12-28-17/h12H,11,13H2,1-10H3. The number of fused-ring (bicyclic) bond motifs is 1. The van der Waals surface area contributed by atoms with Crippen LogP contribution in [0.4, 0.5) is 15.5 Å². The molecule has 0 bridgehead atoms. The molecule has 3 rings (SSSR count). The third-order valence-electron chi connectivity index (χ3n) is 5.34. The summed E-state index contributed by atoms with van der Waals surface area (Å²) in [5, 5.41) is 5.24. The lowest BCUT2D eigenvalue weighted by atomic mass is 10.1. The number of hydrogen-bond donors (Lipinski definition) is 0. The van der Waals surface area contributed by atoms with E-state index in [1.807, 2.05) is 20.8 Å². The maximum absolute atomic E-state index is 13.2. The minimum atomic E-state index is -0.996. The molecule has 0 spiro atoms. The summed E-state index contributed by atoms with van der Waals surface area (Å²) in [5.74, 6) is 0.442. The fourth-order valence-corrected chi connectivity index (χ4v) is 4.04. The lowest BCUT2D eigenvalue weighted by molar-refractivity contribution is 0.0427. The monoisotopic (exact) mass is 546 g/mol. The van der Waals surface area contributed by atoms with Gasteiger partial charge in [-0.05, 0) is 61.8 Å². The first-order valence-electron chi connectivity index (χ1n) is 12.2. The van der Waals surface area contributed by atoms with E-state index in [0.29, 0.717) is 33.7 Å². The first kappa shape index (κ1) is 29.1. The van der Waals surface area contributed by atoms with E-state index in [2.05, 4.69) is 20.1 Å². The fourth-order valence-electron chi connectivity index (χ4n) is 3.77. The van der Waals surface area contributed by atoms with Crippen LogP contribution in [0.25, 0.3) is 11.0 Å². The van der Waals surface area contributed by atoms with Crippen molar-refractivity contribution in [2.75, 3.05) is 12.0 Å². The molecule has 0 unspecified atom stereocenters. The molecule has 0 aromatic carbocycles. The van der Waals surface area contributed by atoms with E-state index in [1.54, 1.807) is 59.5 Å². The number of aromatic nitrogens is 5. The predicted octanol–water partition coefficient (Wildman–Crippen LogP) is 5.79. The number of aryl methyl sites for hydroxylation is 2. The molecular formula is C26H35ClN6O5. The molecule has 0 saturated heterocycles. The molecular weight excluding hydrogens is 512 g/mol. The van der Waals surface area contributed by atoms with Gasteiger partial charge in [-0.25, -0.2) is 14.3 Å². The van der Waals surface area contributed by atoms with Crippen LogP contribution in [0.2, 0.25) is 5.15 Å². The number of halogens is 1. The van der Waals surface area contributed by atoms with Crippen molar-refractivity contribution in [2.24, 2.45) is 0 Å². The number of pyridine rings is 1. The van der Waals surface area contributed by atoms with Gasteiger partial charge >= 0.3 is 12.2 Å². The van der Waals surface area contributed by atoms with Gasteiger partial charge in [0.15, 0.2) is 5.65 Å². The summed E-state index contributed by atoms with van der Waals surface area (Å²) in [6.45, 7) is 16.1. The molecule has 3 aromatic rings. The molecule has 0 N–H and O–H groups in total. The number of ether oxygens (including phenoxy) is 3. The van der Waals surface area contributed by atoms with Gasteiger partial charge < -0.3 is 14.2 Å². The average molecular weight is 547 g/mol. The number of hydrogen-bond acceptors (Lipinski definition) is 9. The maximum Gasteiger partial charge on any atom is 0.427 e. The highest BCUT2D eigenvalue weighted by molar-refractivity contribution is 6.34. The number of carbonyl (C=O) groups excluding carboxylic acids is 2. The SMILES string of the molecule is CCc1nn(Cc2ncc(C)c(OC)c2C)c2nc(N(C(=O)OC(C)(C)C)C(=O)OC(C)(C)C)nc(Cl)c12. The van der Waals surface area contributed by atoms with E-state index in [0.717, 1.165) is 16.9 Å². The molecule has 0 aliphatic heterocycles. The van der Waals surface area contributed by atoms with Crippen LogP contribution in [0, 0.1) is 13.8 Å². The topological polar surface area (TPSA) is 122 Å². The average Bonchev–Trinajstić information content (AvgIpc) is 3.11. The maximum atomic E-state index is 13.2. The second-order valence-corrected chi connectivity index (χ2v) is 11.2. The van der Waals surface area contributed by atoms with Crippen molar-refractivity contribution in [3.05, 3.63) is 33.9 Å². The fraction of sp³-hybridized carbons (Fsp3) is 0.538. The minimum absolute atomic E-state index is 0.0383. The molecule has 0 atom stereocenters. The summed E-state index contributed by atoms with van der Waals surface area (Å²) < 4.78 is 18.1. The van der Waals surface area contributed by atoms with E-state index in [1.165, 1.54) is 0 Å². The lowest BCUT2D eigenvalue weighted by Gasteiger charge is -2.27. The zero-order valence-corrected chi connectivity index (χ0v) is 24.3. The molecule has 0 aliphatic rings. The summed E-state index contributed by atoms with van der Waals surface area (Å²) in [5.41, 5.74) is 1.69. The van der Waals surface area contributed by atoms with E-state index >= 15 is 0 Å². The van der Waals surface area contributed by atoms with Crippen molar-refractivity contribution in [2.45, 2.75) is 86.5 Å². The van der Waals surface area contributed by atoms with Crippen LogP contribution in [-0.2, 0) is 22.4 Å². The van der Waals surface area contributed by atoms with Gasteiger partial charge in [0.1, 0.15) is 22.1 Å². The van der Waals surface area contributed by atoms with Gasteiger partial charge in [-0.1, -0.05) is 18.5 Å². The highest BCUT2D eigenvalue weighted by Crippen LogP contribution is 2.30. The van der Waals surface area contributed by atoms with Crippen LogP contribution in [0.15, 0.2) is 6.20 Å². The highest BCUT2D eigenvalue weighted by Gasteiger charge is 2.36. The molecule has 0 aliphatic carbocycles. The molecule has 0 radical (unpaired) electrons. The molecule has 11 nitrogen and oxygen atoms in total. The van der Waals surface area contributed by atoms with E-state index in [9.17, 15) is 9.59 Å². The van der Waals surface area contributed by atoms with Crippen LogP contribution in [-0.4, -0.2) is 55.2 Å². The minimum Gasteiger partial charge on any atom is -0.496 e. The number of amides is 2. The van der Waals surface area contributed by atoms with E-state index < -0.39 is 23.4 Å². The quantitative estimate of drug-likeness (QED) is 0.366. The lowest BCUT2D eigenvalue weighted by Crippen LogP contribution is -2.44. The molecule has 3 aromatic heterocycles. The Bertz CT molecular complexity index is 1350. The van der Waals surface area contributed by atoms with Crippen molar-refractivity contribution in [3.63, 3.8) is 0 Å². The van der Waals surface area contributed by atoms with Gasteiger partial charge in [0, 0.05) is 17.3 Å². The summed E-state index contributed by atoms with van der Waals surface area (Å²) in [7, 11) is 1.61. The Morgan fingerprint density at radius 2 is 1.58 bits per heavy atom. The number of anilines is 1. The van der Waals surface area contributed by atoms with Crippen LogP contribution < -0.4 is 9.64 Å². The molecule has 206 valence electrons. The van der Waals surface area contributed by atoms with Crippen molar-refractivity contribution < 1.29 is 23.8 Å². The van der Waals surface area contributed by atoms with Crippen LogP contribution >= 0.6 is 11.6 Å². The Morgan fingerprint density at radius 1 is 1.00 bits per heavy atom. The van der Waals surface area contributed by atoms with Gasteiger partial charge in [0.2, 0.25) is 5.95 Å². The number of methoxy groups -OCH3 is 1. The Hall–Kier alpha value is -3.47. The summed E-state index contributed by atoms with van der Waals surface area (Å²) >= 11 is 6.61. The highest BCUT2D eigenvalue weighted by atomic mass is 35.5. The van der Waals surface area contributed by atoms with Crippen molar-refractivity contribution in [1.29, 1.82) is 0 Å². The Labute approximate surface area is 227 Å². The first-order valence-corrected chi connectivity index (χ1v) is 12.6. The number of rotatable bonds is 5. The van der Waals surface area contributed by atoms with Gasteiger partial charge in [-0.3, -0.25) is 4.98 Å². The predicted molar refractivity (Wildman–Crippen MR) is 144 cm³/mol. The second kappa shape index (κ2) is 10.7. The zero-order chi connectivity index (χ0) is 28.6. The Balaban J connectivity index is 2.20. The van der Waals surface area contributed by atoms with Crippen LogP contribution in [0.3, 0.4) is 0 Å². The molecule has 0 saturated carbocycles. The summed E-state index contributed by atoms with van der Waals surface area (Å²) in [6, 6.07) is 0. The summed E-state index contributed by atoms with van der Waals surface area (Å²) in [4.78, 5) is 40.4. The molecule has 38 heavy (non-hydrogen) atoms. The first-order chi connectivity index (χ1) is 17.6. The number of imide groups is 1. The third kappa shape index (κ3) is 6.32. The largest absolute Gasteiger partial charge is 0.496 e. The number of carbonyl (C=O) groups is 2. The van der Waals surface area contributed by atoms with Gasteiger partial charge in [-0.15, -0.1) is 4.90 Å². The molecule has 12 heteroatoms. The number of nitrogens with zero attached hydrogens (tertiary/aromatic N) is 6. The van der Waals surface area contributed by atoms with E-state index in [4.69, 9.17) is 25.8 Å². The smallest absolute Gasteiger partial charge is 0.427 e. The molecule has 0 fully saturated rings. The van der Waals surface area contributed by atoms with Gasteiger partial charge in [0.05, 0.1) is 30.4 Å². The van der Waals surface area contributed by atoms with Crippen molar-refractivity contribution in [3.8, 4) is 5.75 Å². The van der Waals surface area contributed by atoms with Crippen molar-refractivity contribution >= 4 is 40.8 Å². The van der Waals surface area contributed by atoms with Crippen molar-refractivity contribution in [1.82, 2.24) is 24.7 Å². The Morgan fingerprint density at radius 3 is 2.08 bits per heavy atom. The summed E-state index contributed by atoms with van der Waals surface area (Å²) in [6.07, 6.45) is 0.292. The Kier molecular flexibility index (Phi) is 8.21. The van der Waals surface area contributed by atoms with Gasteiger partial charge in [0.25, 0.3) is 0 Å². The molecule has 2 amide bonds. The normalized spacial score (nSPS) is 12.0. The van der Waals surface area contributed by atoms with Crippen LogP contribution in [0.1, 0.15) is 71.0 Å². The molecule has 3 heterocycles. The second-order valence-electron chi connectivity index (χ2n) is 10.8. The van der Waals surface area contributed by atoms with Gasteiger partial charge in [-0.2, -0.15) is 15.1 Å².